The van der Waals surface area contributed by atoms with Gasteiger partial charge in [-0.3, -0.25) is 4.98 Å². The lowest BCUT2D eigenvalue weighted by molar-refractivity contribution is 0.244. The van der Waals surface area contributed by atoms with Gasteiger partial charge in [0.05, 0.1) is 6.42 Å². The highest BCUT2D eigenvalue weighted by Gasteiger charge is 2.17. The van der Waals surface area contributed by atoms with Crippen LogP contribution in [0.4, 0.5) is 10.5 Å². The summed E-state index contributed by atoms with van der Waals surface area (Å²) in [7, 11) is 0. The number of hydrogen-bond acceptors (Lipinski definition) is 5. The first-order valence-electron chi connectivity index (χ1n) is 9.66. The number of hydrogen-bond donors (Lipinski definition) is 2. The van der Waals surface area contributed by atoms with E-state index < -0.39 is 0 Å². The molecule has 2 aromatic heterocycles. The number of nitrogens with zero attached hydrogens (tertiary/aromatic N) is 3. The third-order valence-corrected chi connectivity index (χ3v) is 4.95. The van der Waals surface area contributed by atoms with Gasteiger partial charge < -0.3 is 15.2 Å². The minimum atomic E-state index is -0.164. The van der Waals surface area contributed by atoms with Crippen LogP contribution >= 0.6 is 0 Å². The Morgan fingerprint density at radius 1 is 1.07 bits per heavy atom. The van der Waals surface area contributed by atoms with E-state index in [0.29, 0.717) is 18.1 Å². The van der Waals surface area contributed by atoms with Crippen molar-refractivity contribution in [2.75, 3.05) is 5.32 Å². The molecular formula is C21H23N5O2. The molecule has 0 aliphatic heterocycles. The second-order valence-corrected chi connectivity index (χ2v) is 7.01. The first-order valence-corrected chi connectivity index (χ1v) is 9.66. The first-order chi connectivity index (χ1) is 13.8. The number of aromatic nitrogens is 3. The largest absolute Gasteiger partial charge is 0.339 e. The van der Waals surface area contributed by atoms with E-state index in [-0.39, 0.29) is 12.1 Å². The van der Waals surface area contributed by atoms with Crippen molar-refractivity contribution in [3.05, 3.63) is 60.2 Å². The number of anilines is 1. The van der Waals surface area contributed by atoms with Crippen LogP contribution in [-0.4, -0.2) is 27.2 Å². The van der Waals surface area contributed by atoms with Gasteiger partial charge in [-0.1, -0.05) is 42.6 Å². The summed E-state index contributed by atoms with van der Waals surface area (Å²) in [6.07, 6.45) is 9.54. The molecule has 0 bridgehead atoms. The lowest BCUT2D eigenvalue weighted by atomic mass is 9.96. The third kappa shape index (κ3) is 4.54. The molecule has 1 aliphatic rings. The van der Waals surface area contributed by atoms with Gasteiger partial charge in [0, 0.05) is 29.7 Å². The molecule has 0 atom stereocenters. The van der Waals surface area contributed by atoms with Gasteiger partial charge in [0.15, 0.2) is 0 Å². The Balaban J connectivity index is 1.43. The van der Waals surface area contributed by atoms with E-state index in [4.69, 9.17) is 4.52 Å². The summed E-state index contributed by atoms with van der Waals surface area (Å²) in [5.74, 6) is 1.02. The van der Waals surface area contributed by atoms with Gasteiger partial charge in [0.1, 0.15) is 0 Å². The summed E-state index contributed by atoms with van der Waals surface area (Å²) >= 11 is 0. The minimum Gasteiger partial charge on any atom is -0.339 e. The predicted octanol–water partition coefficient (Wildman–Crippen LogP) is 4.18. The van der Waals surface area contributed by atoms with Gasteiger partial charge in [-0.25, -0.2) is 4.79 Å². The number of benzene rings is 1. The molecule has 1 aliphatic carbocycles. The smallest absolute Gasteiger partial charge is 0.319 e. The van der Waals surface area contributed by atoms with Crippen LogP contribution < -0.4 is 10.6 Å². The number of urea groups is 1. The topological polar surface area (TPSA) is 92.9 Å². The van der Waals surface area contributed by atoms with Gasteiger partial charge >= 0.3 is 6.03 Å². The van der Waals surface area contributed by atoms with Crippen LogP contribution in [0.2, 0.25) is 0 Å². The Labute approximate surface area is 163 Å². The van der Waals surface area contributed by atoms with Crippen molar-refractivity contribution >= 4 is 11.7 Å². The molecule has 144 valence electrons. The molecule has 7 heteroatoms. The van der Waals surface area contributed by atoms with E-state index in [2.05, 4.69) is 25.8 Å². The zero-order chi connectivity index (χ0) is 19.2. The maximum atomic E-state index is 12.4. The molecule has 1 fully saturated rings. The van der Waals surface area contributed by atoms with Crippen molar-refractivity contribution in [2.24, 2.45) is 0 Å². The fraction of sp³-hybridized carbons (Fsp3) is 0.333. The van der Waals surface area contributed by atoms with E-state index in [1.54, 1.807) is 12.4 Å². The van der Waals surface area contributed by atoms with Gasteiger partial charge in [-0.05, 0) is 36.6 Å². The van der Waals surface area contributed by atoms with Crippen molar-refractivity contribution in [1.29, 1.82) is 0 Å². The summed E-state index contributed by atoms with van der Waals surface area (Å²) < 4.78 is 5.39. The monoisotopic (exact) mass is 377 g/mol. The molecule has 0 saturated heterocycles. The molecule has 2 heterocycles. The molecule has 2 N–H and O–H groups in total. The molecule has 3 aromatic rings. The molecule has 1 aromatic carbocycles. The number of amides is 2. The third-order valence-electron chi connectivity index (χ3n) is 4.95. The molecule has 0 radical (unpaired) electrons. The molecule has 0 spiro atoms. The van der Waals surface area contributed by atoms with Gasteiger partial charge in [0.25, 0.3) is 0 Å². The Morgan fingerprint density at radius 2 is 1.86 bits per heavy atom. The minimum absolute atomic E-state index is 0.164. The second kappa shape index (κ2) is 8.65. The highest BCUT2D eigenvalue weighted by Crippen LogP contribution is 2.21. The van der Waals surface area contributed by atoms with Crippen LogP contribution in [0.15, 0.2) is 53.3 Å². The van der Waals surface area contributed by atoms with Crippen molar-refractivity contribution < 1.29 is 9.32 Å². The fourth-order valence-corrected chi connectivity index (χ4v) is 3.49. The highest BCUT2D eigenvalue weighted by atomic mass is 16.5. The fourth-order valence-electron chi connectivity index (χ4n) is 3.49. The maximum Gasteiger partial charge on any atom is 0.319 e. The van der Waals surface area contributed by atoms with Crippen LogP contribution in [0.3, 0.4) is 0 Å². The normalized spacial score (nSPS) is 14.6. The zero-order valence-corrected chi connectivity index (χ0v) is 15.6. The van der Waals surface area contributed by atoms with Gasteiger partial charge in [-0.2, -0.15) is 4.98 Å². The van der Waals surface area contributed by atoms with Crippen molar-refractivity contribution in [3.63, 3.8) is 0 Å². The molecular weight excluding hydrogens is 354 g/mol. The molecule has 4 rings (SSSR count). The highest BCUT2D eigenvalue weighted by molar-refractivity contribution is 5.90. The Kier molecular flexibility index (Phi) is 5.61. The zero-order valence-electron chi connectivity index (χ0n) is 15.6. The number of carbonyl (C=O) groups excluding carboxylic acids is 1. The second-order valence-electron chi connectivity index (χ2n) is 7.01. The quantitative estimate of drug-likeness (QED) is 0.696. The molecule has 7 nitrogen and oxygen atoms in total. The number of carbonyl (C=O) groups is 1. The average molecular weight is 377 g/mol. The molecule has 28 heavy (non-hydrogen) atoms. The molecule has 1 saturated carbocycles. The van der Waals surface area contributed by atoms with E-state index in [1.807, 2.05) is 36.4 Å². The van der Waals surface area contributed by atoms with E-state index in [0.717, 1.165) is 29.7 Å². The van der Waals surface area contributed by atoms with Crippen LogP contribution in [0.1, 0.15) is 43.6 Å². The Morgan fingerprint density at radius 3 is 2.68 bits per heavy atom. The van der Waals surface area contributed by atoms with Crippen LogP contribution in [0.25, 0.3) is 11.4 Å². The standard InChI is InChI=1S/C21H23N5O2/c27-21(23-17-7-2-1-3-8-17)24-18-9-5-4-6-16(18)14-19-25-20(26-28-19)15-10-12-22-13-11-15/h4-6,9-13,17H,1-3,7-8,14H2,(H2,23,24,27). The summed E-state index contributed by atoms with van der Waals surface area (Å²) in [6, 6.07) is 11.4. The lowest BCUT2D eigenvalue weighted by Gasteiger charge is -2.23. The van der Waals surface area contributed by atoms with E-state index in [1.165, 1.54) is 19.3 Å². The number of rotatable bonds is 5. The van der Waals surface area contributed by atoms with Crippen LogP contribution in [-0.2, 0) is 6.42 Å². The summed E-state index contributed by atoms with van der Waals surface area (Å²) in [5, 5.41) is 10.1. The predicted molar refractivity (Wildman–Crippen MR) is 106 cm³/mol. The molecule has 0 unspecified atom stereocenters. The first kappa shape index (κ1) is 18.2. The Hall–Kier alpha value is -3.22. The van der Waals surface area contributed by atoms with Crippen molar-refractivity contribution in [3.8, 4) is 11.4 Å². The number of nitrogens with one attached hydrogen (secondary N) is 2. The van der Waals surface area contributed by atoms with Crippen molar-refractivity contribution in [1.82, 2.24) is 20.4 Å². The van der Waals surface area contributed by atoms with Crippen LogP contribution in [0, 0.1) is 0 Å². The van der Waals surface area contributed by atoms with E-state index in [9.17, 15) is 4.79 Å². The van der Waals surface area contributed by atoms with E-state index >= 15 is 0 Å². The summed E-state index contributed by atoms with van der Waals surface area (Å²) in [5.41, 5.74) is 2.52. The van der Waals surface area contributed by atoms with Gasteiger partial charge in [-0.15, -0.1) is 0 Å². The maximum absolute atomic E-state index is 12.4. The summed E-state index contributed by atoms with van der Waals surface area (Å²) in [6.45, 7) is 0. The summed E-state index contributed by atoms with van der Waals surface area (Å²) in [4.78, 5) is 20.8. The number of pyridine rings is 1. The van der Waals surface area contributed by atoms with Crippen LogP contribution in [0.5, 0.6) is 0 Å². The SMILES string of the molecule is O=C(Nc1ccccc1Cc1nc(-c2ccncc2)no1)NC1CCCCC1. The average Bonchev–Trinajstić information content (AvgIpc) is 3.19. The Bertz CT molecular complexity index is 919. The van der Waals surface area contributed by atoms with Crippen molar-refractivity contribution in [2.45, 2.75) is 44.6 Å². The van der Waals surface area contributed by atoms with Gasteiger partial charge in [0.2, 0.25) is 11.7 Å². The molecule has 2 amide bonds. The lowest BCUT2D eigenvalue weighted by Crippen LogP contribution is -2.39. The number of para-hydroxylation sites is 1.